The first kappa shape index (κ1) is 18.1. The number of pyridine rings is 1. The number of aliphatic hydroxyl groups excluding tert-OH is 1. The summed E-state index contributed by atoms with van der Waals surface area (Å²) in [4.78, 5) is 33.7. The molecule has 5 rings (SSSR count). The van der Waals surface area contributed by atoms with E-state index in [0.717, 1.165) is 11.1 Å². The molecule has 0 radical (unpaired) electrons. The van der Waals surface area contributed by atoms with E-state index in [9.17, 15) is 14.7 Å². The molecular weight excluding hydrogens is 392 g/mol. The molecule has 2 N–H and O–H groups in total. The standard InChI is InChI=1S/C19H16N6O5/c26-10-16-21-19-20-9-12-13(25(19)22-16)4-5-24(18(12)28)23-17(27)11-2-3-14-15(8-11)30-7-1-6-29-14/h2-5,8-9,26H,1,6-7,10H2,(H,23,27). The molecule has 0 atom stereocenters. The normalized spacial score (nSPS) is 13.4. The van der Waals surface area contributed by atoms with Crippen LogP contribution in [0.5, 0.6) is 11.5 Å². The van der Waals surface area contributed by atoms with Gasteiger partial charge in [-0.15, -0.1) is 5.10 Å². The van der Waals surface area contributed by atoms with Crippen molar-refractivity contribution in [2.45, 2.75) is 13.0 Å². The van der Waals surface area contributed by atoms with Gasteiger partial charge in [0.15, 0.2) is 17.3 Å². The fourth-order valence-electron chi connectivity index (χ4n) is 3.19. The molecular formula is C19H16N6O5. The molecule has 0 saturated heterocycles. The van der Waals surface area contributed by atoms with Crippen molar-refractivity contribution in [1.82, 2.24) is 24.3 Å². The number of rotatable bonds is 3. The number of carbonyl (C=O) groups is 1. The van der Waals surface area contributed by atoms with Crippen LogP contribution in [0.2, 0.25) is 0 Å². The van der Waals surface area contributed by atoms with Crippen molar-refractivity contribution in [2.24, 2.45) is 0 Å². The van der Waals surface area contributed by atoms with Crippen LogP contribution in [-0.4, -0.2) is 48.5 Å². The quantitative estimate of drug-likeness (QED) is 0.500. The zero-order valence-corrected chi connectivity index (χ0v) is 15.6. The second-order valence-corrected chi connectivity index (χ2v) is 6.60. The number of nitrogens with one attached hydrogen (secondary N) is 1. The molecule has 30 heavy (non-hydrogen) atoms. The van der Waals surface area contributed by atoms with E-state index in [-0.39, 0.29) is 23.6 Å². The molecule has 0 bridgehead atoms. The molecule has 1 amide bonds. The van der Waals surface area contributed by atoms with Gasteiger partial charge < -0.3 is 14.6 Å². The number of carbonyl (C=O) groups excluding carboxylic acids is 1. The van der Waals surface area contributed by atoms with Gasteiger partial charge in [0.1, 0.15) is 6.61 Å². The average molecular weight is 408 g/mol. The SMILES string of the molecule is O=C(Nn1ccc2c(cnc3nc(CO)nn32)c1=O)c1ccc2c(c1)OCCCO2. The predicted molar refractivity (Wildman–Crippen MR) is 104 cm³/mol. The van der Waals surface area contributed by atoms with Crippen molar-refractivity contribution >= 4 is 22.6 Å². The van der Waals surface area contributed by atoms with E-state index in [1.807, 2.05) is 0 Å². The number of aliphatic hydroxyl groups is 1. The van der Waals surface area contributed by atoms with Crippen LogP contribution < -0.4 is 20.5 Å². The lowest BCUT2D eigenvalue weighted by Gasteiger charge is -2.11. The lowest BCUT2D eigenvalue weighted by Crippen LogP contribution is -2.33. The number of benzene rings is 1. The van der Waals surface area contributed by atoms with Crippen LogP contribution in [0.25, 0.3) is 16.7 Å². The van der Waals surface area contributed by atoms with E-state index in [1.165, 1.54) is 16.9 Å². The third kappa shape index (κ3) is 3.01. The van der Waals surface area contributed by atoms with E-state index in [4.69, 9.17) is 9.47 Å². The number of fused-ring (bicyclic) bond motifs is 4. The van der Waals surface area contributed by atoms with Crippen molar-refractivity contribution in [2.75, 3.05) is 18.6 Å². The molecule has 4 aromatic rings. The second kappa shape index (κ2) is 7.12. The van der Waals surface area contributed by atoms with Gasteiger partial charge in [0.2, 0.25) is 0 Å². The molecule has 4 heterocycles. The zero-order valence-electron chi connectivity index (χ0n) is 15.6. The van der Waals surface area contributed by atoms with Gasteiger partial charge in [-0.25, -0.2) is 9.66 Å². The third-order valence-electron chi connectivity index (χ3n) is 4.65. The summed E-state index contributed by atoms with van der Waals surface area (Å²) < 4.78 is 13.6. The third-order valence-corrected chi connectivity index (χ3v) is 4.65. The maximum Gasteiger partial charge on any atom is 0.280 e. The van der Waals surface area contributed by atoms with Crippen molar-refractivity contribution in [3.8, 4) is 11.5 Å². The molecule has 152 valence electrons. The summed E-state index contributed by atoms with van der Waals surface area (Å²) in [7, 11) is 0. The Morgan fingerprint density at radius 1 is 1.20 bits per heavy atom. The van der Waals surface area contributed by atoms with Crippen LogP contribution >= 0.6 is 0 Å². The Morgan fingerprint density at radius 2 is 2.03 bits per heavy atom. The van der Waals surface area contributed by atoms with Gasteiger partial charge in [0.25, 0.3) is 17.2 Å². The summed E-state index contributed by atoms with van der Waals surface area (Å²) in [6.07, 6.45) is 3.54. The lowest BCUT2D eigenvalue weighted by molar-refractivity contribution is 0.101. The molecule has 0 saturated carbocycles. The summed E-state index contributed by atoms with van der Waals surface area (Å²) >= 11 is 0. The molecule has 0 aliphatic carbocycles. The maximum absolute atomic E-state index is 12.8. The van der Waals surface area contributed by atoms with Gasteiger partial charge in [0.05, 0.1) is 24.1 Å². The van der Waals surface area contributed by atoms with Crippen molar-refractivity contribution < 1.29 is 19.4 Å². The number of ether oxygens (including phenoxy) is 2. The summed E-state index contributed by atoms with van der Waals surface area (Å²) in [5, 5.41) is 13.6. The molecule has 1 aromatic carbocycles. The monoisotopic (exact) mass is 408 g/mol. The van der Waals surface area contributed by atoms with Crippen LogP contribution in [0, 0.1) is 0 Å². The van der Waals surface area contributed by atoms with E-state index >= 15 is 0 Å². The molecule has 0 fully saturated rings. The van der Waals surface area contributed by atoms with E-state index in [0.29, 0.717) is 35.8 Å². The molecule has 0 spiro atoms. The smallest absolute Gasteiger partial charge is 0.280 e. The highest BCUT2D eigenvalue weighted by molar-refractivity contribution is 6.00. The van der Waals surface area contributed by atoms with Crippen LogP contribution in [0.4, 0.5) is 0 Å². The van der Waals surface area contributed by atoms with Gasteiger partial charge in [-0.05, 0) is 24.3 Å². The van der Waals surface area contributed by atoms with Gasteiger partial charge in [-0.3, -0.25) is 15.0 Å². The lowest BCUT2D eigenvalue weighted by atomic mass is 10.2. The van der Waals surface area contributed by atoms with Crippen LogP contribution in [0.1, 0.15) is 22.6 Å². The molecule has 0 unspecified atom stereocenters. The average Bonchev–Trinajstić information content (AvgIpc) is 3.05. The summed E-state index contributed by atoms with van der Waals surface area (Å²) in [5.74, 6) is 1.05. The highest BCUT2D eigenvalue weighted by atomic mass is 16.5. The van der Waals surface area contributed by atoms with E-state index in [2.05, 4.69) is 20.5 Å². The first-order chi connectivity index (χ1) is 14.6. The molecule has 1 aliphatic rings. The molecule has 11 heteroatoms. The van der Waals surface area contributed by atoms with E-state index < -0.39 is 11.5 Å². The fraction of sp³-hybridized carbons (Fsp3) is 0.211. The predicted octanol–water partition coefficient (Wildman–Crippen LogP) is 0.477. The Hall–Kier alpha value is -3.99. The van der Waals surface area contributed by atoms with Crippen LogP contribution in [0.3, 0.4) is 0 Å². The highest BCUT2D eigenvalue weighted by Crippen LogP contribution is 2.30. The number of amides is 1. The fourth-order valence-corrected chi connectivity index (χ4v) is 3.19. The van der Waals surface area contributed by atoms with Gasteiger partial charge >= 0.3 is 0 Å². The first-order valence-electron chi connectivity index (χ1n) is 9.22. The largest absolute Gasteiger partial charge is 0.490 e. The van der Waals surface area contributed by atoms with Gasteiger partial charge in [-0.1, -0.05) is 0 Å². The van der Waals surface area contributed by atoms with Crippen molar-refractivity contribution in [1.29, 1.82) is 0 Å². The number of hydrogen-bond acceptors (Lipinski definition) is 8. The first-order valence-corrected chi connectivity index (χ1v) is 9.22. The Kier molecular flexibility index (Phi) is 4.29. The van der Waals surface area contributed by atoms with Crippen molar-refractivity contribution in [3.63, 3.8) is 0 Å². The Labute approximate surface area is 168 Å². The minimum absolute atomic E-state index is 0.196. The summed E-state index contributed by atoms with van der Waals surface area (Å²) in [5.41, 5.74) is 2.86. The number of aromatic nitrogens is 5. The summed E-state index contributed by atoms with van der Waals surface area (Å²) in [6, 6.07) is 6.46. The highest BCUT2D eigenvalue weighted by Gasteiger charge is 2.16. The van der Waals surface area contributed by atoms with E-state index in [1.54, 1.807) is 24.3 Å². The molecule has 1 aliphatic heterocycles. The topological polar surface area (TPSA) is 133 Å². The second-order valence-electron chi connectivity index (χ2n) is 6.60. The minimum atomic E-state index is -0.482. The van der Waals surface area contributed by atoms with Gasteiger partial charge in [-0.2, -0.15) is 9.50 Å². The van der Waals surface area contributed by atoms with Crippen molar-refractivity contribution in [3.05, 3.63) is 58.4 Å². The number of nitrogens with zero attached hydrogens (tertiary/aromatic N) is 5. The maximum atomic E-state index is 12.8. The minimum Gasteiger partial charge on any atom is -0.490 e. The Morgan fingerprint density at radius 3 is 2.87 bits per heavy atom. The zero-order chi connectivity index (χ0) is 20.7. The Bertz CT molecular complexity index is 1340. The van der Waals surface area contributed by atoms with Gasteiger partial charge in [0, 0.05) is 24.4 Å². The number of hydrogen-bond donors (Lipinski definition) is 2. The molecule has 3 aromatic heterocycles. The summed E-state index contributed by atoms with van der Waals surface area (Å²) in [6.45, 7) is 0.718. The van der Waals surface area contributed by atoms with Crippen LogP contribution in [0.15, 0.2) is 41.5 Å². The molecule has 11 nitrogen and oxygen atoms in total. The van der Waals surface area contributed by atoms with Crippen LogP contribution in [-0.2, 0) is 6.61 Å². The Balaban J connectivity index is 1.48.